The van der Waals surface area contributed by atoms with Crippen LogP contribution in [0.2, 0.25) is 0 Å². The van der Waals surface area contributed by atoms with Gasteiger partial charge in [-0.15, -0.1) is 23.2 Å². The van der Waals surface area contributed by atoms with Crippen molar-refractivity contribution < 1.29 is 29.0 Å². The Morgan fingerprint density at radius 3 is 2.46 bits per heavy atom. The molecular weight excluding hydrogens is 495 g/mol. The molecule has 2 aliphatic carbocycles. The molecular formula is C25H26Cl2N2O6. The number of aromatic hydroxyl groups is 1. The first-order valence-corrected chi connectivity index (χ1v) is 12.5. The van der Waals surface area contributed by atoms with Crippen LogP contribution in [-0.4, -0.2) is 68.5 Å². The average molecular weight is 521 g/mol. The van der Waals surface area contributed by atoms with E-state index in [4.69, 9.17) is 27.9 Å². The number of likely N-dealkylation sites (tertiary alicyclic amines) is 2. The minimum Gasteiger partial charge on any atom is -0.504 e. The van der Waals surface area contributed by atoms with Crippen LogP contribution in [0, 0.1) is 17.8 Å². The average Bonchev–Trinajstić information content (AvgIpc) is 3.15. The van der Waals surface area contributed by atoms with E-state index in [9.17, 15) is 24.3 Å². The number of nitrogens with zero attached hydrogens (tertiary/aromatic N) is 2. The van der Waals surface area contributed by atoms with E-state index in [0.29, 0.717) is 24.2 Å². The number of imide groups is 2. The van der Waals surface area contributed by atoms with E-state index >= 15 is 0 Å². The first kappa shape index (κ1) is 24.1. The van der Waals surface area contributed by atoms with Crippen molar-refractivity contribution in [2.24, 2.45) is 17.8 Å². The molecule has 6 atom stereocenters. The minimum absolute atomic E-state index is 0.0383. The molecule has 4 amide bonds. The summed E-state index contributed by atoms with van der Waals surface area (Å²) in [6, 6.07) is 4.66. The number of fused-ring (bicyclic) bond motifs is 4. The zero-order valence-electron chi connectivity index (χ0n) is 19.6. The van der Waals surface area contributed by atoms with Crippen LogP contribution >= 0.6 is 23.2 Å². The zero-order chi connectivity index (χ0) is 25.4. The summed E-state index contributed by atoms with van der Waals surface area (Å²) in [7, 11) is 1.35. The van der Waals surface area contributed by atoms with Crippen molar-refractivity contribution in [3.05, 3.63) is 35.4 Å². The van der Waals surface area contributed by atoms with Gasteiger partial charge in [-0.25, -0.2) is 0 Å². The Morgan fingerprint density at radius 2 is 1.80 bits per heavy atom. The van der Waals surface area contributed by atoms with Gasteiger partial charge in [0.05, 0.1) is 18.4 Å². The molecule has 1 aromatic rings. The molecule has 0 aromatic heterocycles. The number of amides is 4. The summed E-state index contributed by atoms with van der Waals surface area (Å²) in [4.78, 5) is 51.7. The highest BCUT2D eigenvalue weighted by Gasteiger charge is 2.75. The molecule has 35 heavy (non-hydrogen) atoms. The topological polar surface area (TPSA) is 104 Å². The molecule has 10 heteroatoms. The number of halogens is 2. The standard InChI is InChI=1S/C25H26Cl2N2O6/c1-4-29-20(31)14-8-7-13-15(18(14)21(29)32)11-24(26)22(33)28(3)23(34)25(24,27)19(13)12-6-9-16(30)17(10-12)35-5-2/h6-7,9-10,14-15,18-19,30H,4-5,8,11H2,1-3H3. The van der Waals surface area contributed by atoms with Crippen LogP contribution in [0.1, 0.15) is 38.2 Å². The van der Waals surface area contributed by atoms with Crippen molar-refractivity contribution >= 4 is 46.8 Å². The van der Waals surface area contributed by atoms with E-state index < -0.39 is 45.2 Å². The van der Waals surface area contributed by atoms with Gasteiger partial charge < -0.3 is 9.84 Å². The van der Waals surface area contributed by atoms with Crippen molar-refractivity contribution in [1.29, 1.82) is 0 Å². The van der Waals surface area contributed by atoms with E-state index in [1.807, 2.05) is 6.08 Å². The quantitative estimate of drug-likeness (QED) is 0.371. The van der Waals surface area contributed by atoms with Gasteiger partial charge in [-0.05, 0) is 50.3 Å². The number of phenols is 1. The molecule has 1 aromatic carbocycles. The Morgan fingerprint density at radius 1 is 1.09 bits per heavy atom. The van der Waals surface area contributed by atoms with Gasteiger partial charge in [0, 0.05) is 19.5 Å². The zero-order valence-corrected chi connectivity index (χ0v) is 21.1. The van der Waals surface area contributed by atoms with E-state index in [1.165, 1.54) is 18.0 Å². The Hall–Kier alpha value is -2.58. The Bertz CT molecular complexity index is 1200. The van der Waals surface area contributed by atoms with Gasteiger partial charge in [-0.1, -0.05) is 17.7 Å². The number of hydrogen-bond acceptors (Lipinski definition) is 6. The summed E-state index contributed by atoms with van der Waals surface area (Å²) in [5.74, 6) is -4.29. The van der Waals surface area contributed by atoms with Crippen molar-refractivity contribution in [1.82, 2.24) is 9.80 Å². The lowest BCUT2D eigenvalue weighted by Crippen LogP contribution is -2.60. The second kappa shape index (κ2) is 7.96. The first-order valence-electron chi connectivity index (χ1n) is 11.7. The maximum Gasteiger partial charge on any atom is 0.253 e. The number of carbonyl (C=O) groups is 4. The number of carbonyl (C=O) groups excluding carboxylic acids is 4. The lowest BCUT2D eigenvalue weighted by atomic mass is 9.56. The monoisotopic (exact) mass is 520 g/mol. The first-order chi connectivity index (χ1) is 16.5. The number of hydrogen-bond donors (Lipinski definition) is 1. The molecule has 6 unspecified atom stereocenters. The van der Waals surface area contributed by atoms with E-state index in [1.54, 1.807) is 26.0 Å². The Labute approximate surface area is 212 Å². The Kier molecular flexibility index (Phi) is 5.49. The number of benzene rings is 1. The van der Waals surface area contributed by atoms with E-state index in [-0.39, 0.29) is 36.3 Å². The van der Waals surface area contributed by atoms with Gasteiger partial charge in [-0.2, -0.15) is 0 Å². The van der Waals surface area contributed by atoms with Crippen LogP contribution in [0.25, 0.3) is 0 Å². The molecule has 1 N–H and O–H groups in total. The van der Waals surface area contributed by atoms with Crippen LogP contribution in [0.5, 0.6) is 11.5 Å². The Balaban J connectivity index is 1.73. The van der Waals surface area contributed by atoms with Crippen LogP contribution in [-0.2, 0) is 19.2 Å². The highest BCUT2D eigenvalue weighted by Crippen LogP contribution is 2.65. The summed E-state index contributed by atoms with van der Waals surface area (Å²) >= 11 is 14.2. The van der Waals surface area contributed by atoms with Gasteiger partial charge >= 0.3 is 0 Å². The highest BCUT2D eigenvalue weighted by molar-refractivity contribution is 6.53. The predicted molar refractivity (Wildman–Crippen MR) is 127 cm³/mol. The van der Waals surface area contributed by atoms with Crippen molar-refractivity contribution in [2.45, 2.75) is 42.4 Å². The predicted octanol–water partition coefficient (Wildman–Crippen LogP) is 2.80. The summed E-state index contributed by atoms with van der Waals surface area (Å²) in [6.45, 7) is 4.08. The third kappa shape index (κ3) is 2.93. The largest absolute Gasteiger partial charge is 0.504 e. The van der Waals surface area contributed by atoms with Gasteiger partial charge in [0.15, 0.2) is 21.2 Å². The van der Waals surface area contributed by atoms with Crippen molar-refractivity contribution in [3.8, 4) is 11.5 Å². The van der Waals surface area contributed by atoms with E-state index in [0.717, 1.165) is 4.90 Å². The van der Waals surface area contributed by atoms with Gasteiger partial charge in [0.1, 0.15) is 0 Å². The molecule has 2 heterocycles. The highest BCUT2D eigenvalue weighted by atomic mass is 35.5. The fourth-order valence-electron chi connectivity index (χ4n) is 6.48. The number of phenolic OH excluding ortho intramolecular Hbond substituents is 1. The molecule has 5 rings (SSSR count). The third-order valence-electron chi connectivity index (χ3n) is 8.04. The second-order valence-electron chi connectivity index (χ2n) is 9.58. The fraction of sp³-hybridized carbons (Fsp3) is 0.520. The van der Waals surface area contributed by atoms with Crippen LogP contribution in [0.3, 0.4) is 0 Å². The van der Waals surface area contributed by atoms with Gasteiger partial charge in [0.2, 0.25) is 11.8 Å². The molecule has 1 saturated carbocycles. The normalized spacial score (nSPS) is 36.2. The minimum atomic E-state index is -1.86. The van der Waals surface area contributed by atoms with E-state index in [2.05, 4.69) is 0 Å². The number of ether oxygens (including phenoxy) is 1. The molecule has 0 bridgehead atoms. The third-order valence-corrected chi connectivity index (χ3v) is 9.45. The van der Waals surface area contributed by atoms with Crippen LogP contribution < -0.4 is 4.74 Å². The molecule has 4 aliphatic rings. The molecule has 2 aliphatic heterocycles. The number of alkyl halides is 2. The maximum absolute atomic E-state index is 13.5. The smallest absolute Gasteiger partial charge is 0.253 e. The molecule has 2 saturated heterocycles. The van der Waals surface area contributed by atoms with Crippen LogP contribution in [0.4, 0.5) is 0 Å². The fourth-order valence-corrected chi connectivity index (χ4v) is 7.50. The van der Waals surface area contributed by atoms with Gasteiger partial charge in [-0.3, -0.25) is 29.0 Å². The second-order valence-corrected chi connectivity index (χ2v) is 10.8. The van der Waals surface area contributed by atoms with Crippen molar-refractivity contribution in [3.63, 3.8) is 0 Å². The molecule has 0 spiro atoms. The number of allylic oxidation sites excluding steroid dienone is 2. The summed E-state index contributed by atoms with van der Waals surface area (Å²) in [5.41, 5.74) is 1.24. The van der Waals surface area contributed by atoms with Gasteiger partial charge in [0.25, 0.3) is 11.8 Å². The maximum atomic E-state index is 13.5. The van der Waals surface area contributed by atoms with Crippen LogP contribution in [0.15, 0.2) is 29.8 Å². The summed E-state index contributed by atoms with van der Waals surface area (Å²) in [6.07, 6.45) is 2.17. The summed E-state index contributed by atoms with van der Waals surface area (Å²) < 4.78 is 5.56. The van der Waals surface area contributed by atoms with Crippen molar-refractivity contribution in [2.75, 3.05) is 20.2 Å². The number of rotatable bonds is 4. The molecule has 8 nitrogen and oxygen atoms in total. The summed E-state index contributed by atoms with van der Waals surface area (Å²) in [5, 5.41) is 10.3. The molecule has 0 radical (unpaired) electrons. The SMILES string of the molecule is CCOc1cc(C2C3=CCC4C(=O)N(CC)C(=O)C4C3CC3(Cl)C(=O)N(C)C(=O)C23Cl)ccc1O. The molecule has 3 fully saturated rings. The lowest BCUT2D eigenvalue weighted by Gasteiger charge is -2.50. The lowest BCUT2D eigenvalue weighted by molar-refractivity contribution is -0.141. The molecule has 186 valence electrons.